The number of rotatable bonds is 8. The fourth-order valence-corrected chi connectivity index (χ4v) is 3.04. The third-order valence-corrected chi connectivity index (χ3v) is 4.78. The number of carbonyl (C=O) groups excluding carboxylic acids is 3. The van der Waals surface area contributed by atoms with Crippen molar-refractivity contribution in [3.05, 3.63) is 102 Å². The molecule has 1 atom stereocenters. The Kier molecular flexibility index (Phi) is 7.97. The zero-order valence-electron chi connectivity index (χ0n) is 17.8. The lowest BCUT2D eigenvalue weighted by Gasteiger charge is -2.19. The quantitative estimate of drug-likeness (QED) is 0.413. The molecule has 0 aliphatic heterocycles. The molecule has 0 heterocycles. The zero-order valence-corrected chi connectivity index (χ0v) is 17.8. The summed E-state index contributed by atoms with van der Waals surface area (Å²) in [4.78, 5) is 37.1. The highest BCUT2D eigenvalue weighted by Crippen LogP contribution is 2.17. The third-order valence-electron chi connectivity index (χ3n) is 4.78. The minimum Gasteiger partial charge on any atom is -0.376 e. The van der Waals surface area contributed by atoms with Crippen molar-refractivity contribution in [2.75, 3.05) is 11.9 Å². The maximum atomic E-state index is 12.6. The van der Waals surface area contributed by atoms with Crippen molar-refractivity contribution in [2.45, 2.75) is 19.4 Å². The van der Waals surface area contributed by atoms with Crippen LogP contribution in [0.2, 0.25) is 0 Å². The van der Waals surface area contributed by atoms with Crippen LogP contribution in [0.1, 0.15) is 33.9 Å². The van der Waals surface area contributed by atoms with Gasteiger partial charge in [0, 0.05) is 11.3 Å². The largest absolute Gasteiger partial charge is 0.376 e. The molecule has 4 N–H and O–H groups in total. The molecular weight excluding hydrogens is 404 g/mol. The average Bonchev–Trinajstić information content (AvgIpc) is 2.83. The fourth-order valence-electron chi connectivity index (χ4n) is 3.04. The van der Waals surface area contributed by atoms with Crippen molar-refractivity contribution in [1.82, 2.24) is 16.2 Å². The molecule has 3 aromatic rings. The molecule has 0 saturated carbocycles. The Bertz CT molecular complexity index is 1040. The van der Waals surface area contributed by atoms with Crippen molar-refractivity contribution in [3.63, 3.8) is 0 Å². The van der Waals surface area contributed by atoms with Gasteiger partial charge in [-0.05, 0) is 36.8 Å². The molecule has 0 aliphatic rings. The molecule has 0 aliphatic carbocycles. The molecule has 164 valence electrons. The molecule has 3 aromatic carbocycles. The van der Waals surface area contributed by atoms with Crippen LogP contribution in [-0.2, 0) is 9.59 Å². The Morgan fingerprint density at radius 3 is 2.00 bits per heavy atom. The van der Waals surface area contributed by atoms with Crippen LogP contribution in [0.3, 0.4) is 0 Å². The van der Waals surface area contributed by atoms with E-state index in [4.69, 9.17) is 0 Å². The Morgan fingerprint density at radius 1 is 0.750 bits per heavy atom. The lowest BCUT2D eigenvalue weighted by molar-refractivity contribution is -0.128. The lowest BCUT2D eigenvalue weighted by Crippen LogP contribution is -2.45. The second-order valence-electron chi connectivity index (χ2n) is 7.32. The summed E-state index contributed by atoms with van der Waals surface area (Å²) < 4.78 is 0. The predicted octanol–water partition coefficient (Wildman–Crippen LogP) is 3.12. The SMILES string of the molecule is Cc1ccc(NCC(=O)NNC(=O)CC(NC(=O)c2ccccc2)c2ccccc2)cc1. The first-order chi connectivity index (χ1) is 15.5. The van der Waals surface area contributed by atoms with Crippen LogP contribution in [0.5, 0.6) is 0 Å². The van der Waals surface area contributed by atoms with Crippen LogP contribution in [0.25, 0.3) is 0 Å². The number of aryl methyl sites for hydroxylation is 1. The number of benzene rings is 3. The number of nitrogens with one attached hydrogen (secondary N) is 4. The molecular formula is C25H26N4O3. The summed E-state index contributed by atoms with van der Waals surface area (Å²) in [6.45, 7) is 1.99. The smallest absolute Gasteiger partial charge is 0.257 e. The van der Waals surface area contributed by atoms with E-state index in [0.29, 0.717) is 5.56 Å². The van der Waals surface area contributed by atoms with E-state index in [0.717, 1.165) is 16.8 Å². The van der Waals surface area contributed by atoms with E-state index in [1.54, 1.807) is 24.3 Å². The zero-order chi connectivity index (χ0) is 22.8. The number of anilines is 1. The minimum atomic E-state index is -0.550. The van der Waals surface area contributed by atoms with Gasteiger partial charge < -0.3 is 10.6 Å². The first-order valence-electron chi connectivity index (χ1n) is 10.3. The van der Waals surface area contributed by atoms with E-state index in [1.807, 2.05) is 67.6 Å². The number of carbonyl (C=O) groups is 3. The molecule has 7 nitrogen and oxygen atoms in total. The summed E-state index contributed by atoms with van der Waals surface area (Å²) in [5, 5.41) is 5.88. The van der Waals surface area contributed by atoms with Crippen molar-refractivity contribution < 1.29 is 14.4 Å². The Labute approximate surface area is 187 Å². The predicted molar refractivity (Wildman–Crippen MR) is 124 cm³/mol. The summed E-state index contributed by atoms with van der Waals surface area (Å²) in [6.07, 6.45) is -0.0335. The third kappa shape index (κ3) is 6.98. The van der Waals surface area contributed by atoms with Crippen LogP contribution in [-0.4, -0.2) is 24.3 Å². The van der Waals surface area contributed by atoms with Gasteiger partial charge in [0.25, 0.3) is 11.8 Å². The van der Waals surface area contributed by atoms with Gasteiger partial charge in [0.1, 0.15) is 0 Å². The molecule has 0 fully saturated rings. The van der Waals surface area contributed by atoms with Gasteiger partial charge in [-0.3, -0.25) is 25.2 Å². The number of amides is 3. The highest BCUT2D eigenvalue weighted by atomic mass is 16.2. The second kappa shape index (κ2) is 11.3. The van der Waals surface area contributed by atoms with Gasteiger partial charge in [-0.15, -0.1) is 0 Å². The van der Waals surface area contributed by atoms with Crippen molar-refractivity contribution in [2.24, 2.45) is 0 Å². The van der Waals surface area contributed by atoms with E-state index in [1.165, 1.54) is 0 Å². The first kappa shape index (κ1) is 22.6. The van der Waals surface area contributed by atoms with Gasteiger partial charge in [-0.1, -0.05) is 66.2 Å². The minimum absolute atomic E-state index is 0.0101. The van der Waals surface area contributed by atoms with Crippen molar-refractivity contribution in [3.8, 4) is 0 Å². The summed E-state index contributed by atoms with van der Waals surface area (Å²) in [5.41, 5.74) is 8.03. The molecule has 7 heteroatoms. The van der Waals surface area contributed by atoms with Gasteiger partial charge in [-0.25, -0.2) is 0 Å². The molecule has 1 unspecified atom stereocenters. The molecule has 0 saturated heterocycles. The van der Waals surface area contributed by atoms with Crippen LogP contribution >= 0.6 is 0 Å². The number of hydrogen-bond donors (Lipinski definition) is 4. The van der Waals surface area contributed by atoms with E-state index in [9.17, 15) is 14.4 Å². The Balaban J connectivity index is 1.53. The fraction of sp³-hybridized carbons (Fsp3) is 0.160. The van der Waals surface area contributed by atoms with Crippen LogP contribution in [0.15, 0.2) is 84.9 Å². The van der Waals surface area contributed by atoms with E-state index in [2.05, 4.69) is 21.5 Å². The van der Waals surface area contributed by atoms with E-state index >= 15 is 0 Å². The van der Waals surface area contributed by atoms with E-state index < -0.39 is 11.9 Å². The van der Waals surface area contributed by atoms with Crippen LogP contribution < -0.4 is 21.5 Å². The van der Waals surface area contributed by atoms with Gasteiger partial charge in [0.05, 0.1) is 19.0 Å². The van der Waals surface area contributed by atoms with Gasteiger partial charge in [0.15, 0.2) is 0 Å². The topological polar surface area (TPSA) is 99.3 Å². The van der Waals surface area contributed by atoms with Crippen LogP contribution in [0.4, 0.5) is 5.69 Å². The molecule has 0 aromatic heterocycles. The maximum absolute atomic E-state index is 12.6. The molecule has 32 heavy (non-hydrogen) atoms. The second-order valence-corrected chi connectivity index (χ2v) is 7.32. The number of hydrogen-bond acceptors (Lipinski definition) is 4. The Hall–Kier alpha value is -4.13. The van der Waals surface area contributed by atoms with Crippen LogP contribution in [0, 0.1) is 6.92 Å². The molecule has 0 bridgehead atoms. The molecule has 3 amide bonds. The standard InChI is InChI=1S/C25H26N4O3/c1-18-12-14-21(15-13-18)26-17-24(31)29-28-23(30)16-22(19-8-4-2-5-9-19)27-25(32)20-10-6-3-7-11-20/h2-15,22,26H,16-17H2,1H3,(H,27,32)(H,28,30)(H,29,31). The van der Waals surface area contributed by atoms with Crippen molar-refractivity contribution >= 4 is 23.4 Å². The average molecular weight is 431 g/mol. The molecule has 3 rings (SSSR count). The van der Waals surface area contributed by atoms with Crippen molar-refractivity contribution in [1.29, 1.82) is 0 Å². The van der Waals surface area contributed by atoms with E-state index in [-0.39, 0.29) is 24.8 Å². The highest BCUT2D eigenvalue weighted by molar-refractivity contribution is 5.94. The first-order valence-corrected chi connectivity index (χ1v) is 10.3. The summed E-state index contributed by atoms with van der Waals surface area (Å²) >= 11 is 0. The normalized spacial score (nSPS) is 11.2. The number of hydrazine groups is 1. The van der Waals surface area contributed by atoms with Gasteiger partial charge in [-0.2, -0.15) is 0 Å². The monoisotopic (exact) mass is 430 g/mol. The molecule has 0 radical (unpaired) electrons. The summed E-state index contributed by atoms with van der Waals surface area (Å²) in [5.74, 6) is -1.09. The maximum Gasteiger partial charge on any atom is 0.257 e. The lowest BCUT2D eigenvalue weighted by atomic mass is 10.0. The van der Waals surface area contributed by atoms with Gasteiger partial charge in [0.2, 0.25) is 5.91 Å². The molecule has 0 spiro atoms. The summed E-state index contributed by atoms with van der Waals surface area (Å²) in [6, 6.07) is 25.1. The van der Waals surface area contributed by atoms with Gasteiger partial charge >= 0.3 is 0 Å². The highest BCUT2D eigenvalue weighted by Gasteiger charge is 2.19. The Morgan fingerprint density at radius 2 is 1.34 bits per heavy atom. The summed E-state index contributed by atoms with van der Waals surface area (Å²) in [7, 11) is 0.